The van der Waals surface area contributed by atoms with Crippen molar-refractivity contribution in [1.29, 1.82) is 0 Å². The van der Waals surface area contributed by atoms with Crippen LogP contribution in [0.25, 0.3) is 0 Å². The molecular formula is C18H22O3. The molecule has 0 heterocycles. The lowest BCUT2D eigenvalue weighted by atomic mass is 10.3. The van der Waals surface area contributed by atoms with Gasteiger partial charge >= 0.3 is 0 Å². The van der Waals surface area contributed by atoms with E-state index in [9.17, 15) is 0 Å². The topological polar surface area (TPSA) is 49.7 Å². The number of ether oxygens (including phenoxy) is 1. The number of para-hydroxylation sites is 2. The molecule has 2 aromatic carbocycles. The summed E-state index contributed by atoms with van der Waals surface area (Å²) in [5.41, 5.74) is 0. The number of phenols is 1. The molecule has 0 atom stereocenters. The quantitative estimate of drug-likeness (QED) is 0.840. The summed E-state index contributed by atoms with van der Waals surface area (Å²) in [5.74, 6) is 1.21. The highest BCUT2D eigenvalue weighted by molar-refractivity contribution is 5.21. The lowest BCUT2D eigenvalue weighted by Crippen LogP contribution is -1.91. The number of phenolic OH excluding ortho intramolecular Hbond substituents is 1. The number of aliphatic hydroxyl groups excluding tert-OH is 1. The van der Waals surface area contributed by atoms with Gasteiger partial charge in [0.05, 0.1) is 6.61 Å². The smallest absolute Gasteiger partial charge is 0.119 e. The Balaban J connectivity index is 0.000000317. The van der Waals surface area contributed by atoms with Gasteiger partial charge in [0.15, 0.2) is 0 Å². The van der Waals surface area contributed by atoms with Gasteiger partial charge in [-0.2, -0.15) is 0 Å². The van der Waals surface area contributed by atoms with E-state index >= 15 is 0 Å². The molecule has 2 rings (SSSR count). The minimum Gasteiger partial charge on any atom is -0.508 e. The Labute approximate surface area is 126 Å². The number of benzene rings is 2. The van der Waals surface area contributed by atoms with Crippen LogP contribution < -0.4 is 4.74 Å². The molecule has 0 aliphatic rings. The van der Waals surface area contributed by atoms with Gasteiger partial charge in [0.25, 0.3) is 0 Å². The molecule has 112 valence electrons. The molecule has 2 aromatic rings. The van der Waals surface area contributed by atoms with Crippen LogP contribution in [0.5, 0.6) is 11.5 Å². The molecule has 0 aliphatic heterocycles. The van der Waals surface area contributed by atoms with Crippen molar-refractivity contribution in [2.24, 2.45) is 0 Å². The highest BCUT2D eigenvalue weighted by Gasteiger charge is 1.85. The van der Waals surface area contributed by atoms with Crippen molar-refractivity contribution in [2.45, 2.75) is 0 Å². The normalized spacial score (nSPS) is 8.24. The fraction of sp³-hybridized carbons (Fsp3) is 0.111. The van der Waals surface area contributed by atoms with Gasteiger partial charge in [0, 0.05) is 0 Å². The second kappa shape index (κ2) is 13.9. The SMILES string of the molecule is C=CCO.C=CCOc1ccccc1.Oc1ccccc1. The van der Waals surface area contributed by atoms with Gasteiger partial charge in [0.1, 0.15) is 18.1 Å². The van der Waals surface area contributed by atoms with Crippen LogP contribution >= 0.6 is 0 Å². The molecule has 3 heteroatoms. The molecule has 0 radical (unpaired) electrons. The summed E-state index contributed by atoms with van der Waals surface area (Å²) in [4.78, 5) is 0. The minimum absolute atomic E-state index is 0.0833. The summed E-state index contributed by atoms with van der Waals surface area (Å²) in [6, 6.07) is 18.4. The van der Waals surface area contributed by atoms with Crippen molar-refractivity contribution in [3.05, 3.63) is 86.0 Å². The van der Waals surface area contributed by atoms with Gasteiger partial charge in [-0.05, 0) is 24.3 Å². The molecule has 0 saturated heterocycles. The molecule has 2 N–H and O–H groups in total. The van der Waals surface area contributed by atoms with Crippen LogP contribution in [0.1, 0.15) is 0 Å². The van der Waals surface area contributed by atoms with Crippen LogP contribution in [0.4, 0.5) is 0 Å². The molecule has 0 spiro atoms. The van der Waals surface area contributed by atoms with Crippen LogP contribution in [0, 0.1) is 0 Å². The molecule has 0 bridgehead atoms. The number of rotatable bonds is 4. The molecule has 0 amide bonds. The van der Waals surface area contributed by atoms with Crippen LogP contribution in [-0.2, 0) is 0 Å². The van der Waals surface area contributed by atoms with Gasteiger partial charge in [0.2, 0.25) is 0 Å². The van der Waals surface area contributed by atoms with Crippen molar-refractivity contribution in [3.8, 4) is 11.5 Å². The zero-order valence-electron chi connectivity index (χ0n) is 12.1. The van der Waals surface area contributed by atoms with Crippen LogP contribution in [-0.4, -0.2) is 23.4 Å². The zero-order valence-corrected chi connectivity index (χ0v) is 12.1. The first-order chi connectivity index (χ1) is 10.2. The van der Waals surface area contributed by atoms with Crippen molar-refractivity contribution in [3.63, 3.8) is 0 Å². The lowest BCUT2D eigenvalue weighted by Gasteiger charge is -1.99. The summed E-state index contributed by atoms with van der Waals surface area (Å²) in [6.07, 6.45) is 3.16. The summed E-state index contributed by atoms with van der Waals surface area (Å²) in [5, 5.41) is 16.4. The predicted octanol–water partition coefficient (Wildman–Crippen LogP) is 3.81. The Kier molecular flexibility index (Phi) is 12.2. The zero-order chi connectivity index (χ0) is 15.8. The van der Waals surface area contributed by atoms with Gasteiger partial charge in [-0.25, -0.2) is 0 Å². The standard InChI is InChI=1S/C9H10O.C6H6O.C3H6O/c1-2-8-10-9-6-4-3-5-7-9;7-6-4-2-1-3-5-6;1-2-3-4/h2-7H,1,8H2;1-5,7H;2,4H,1,3H2. The second-order valence-electron chi connectivity index (χ2n) is 3.72. The fourth-order valence-corrected chi connectivity index (χ4v) is 1.10. The Morgan fingerprint density at radius 2 is 1.33 bits per heavy atom. The predicted molar refractivity (Wildman–Crippen MR) is 87.5 cm³/mol. The number of aliphatic hydroxyl groups is 1. The minimum atomic E-state index is 0.0833. The first-order valence-corrected chi connectivity index (χ1v) is 6.49. The monoisotopic (exact) mass is 286 g/mol. The molecule has 3 nitrogen and oxygen atoms in total. The summed E-state index contributed by atoms with van der Waals surface area (Å²) >= 11 is 0. The first kappa shape index (κ1) is 18.5. The summed E-state index contributed by atoms with van der Waals surface area (Å²) < 4.78 is 5.24. The molecule has 0 saturated carbocycles. The van der Waals surface area contributed by atoms with Crippen molar-refractivity contribution in [2.75, 3.05) is 13.2 Å². The van der Waals surface area contributed by atoms with E-state index in [0.717, 1.165) is 5.75 Å². The van der Waals surface area contributed by atoms with E-state index < -0.39 is 0 Å². The van der Waals surface area contributed by atoms with Crippen LogP contribution in [0.15, 0.2) is 86.0 Å². The van der Waals surface area contributed by atoms with E-state index in [2.05, 4.69) is 13.2 Å². The van der Waals surface area contributed by atoms with E-state index in [-0.39, 0.29) is 6.61 Å². The van der Waals surface area contributed by atoms with E-state index in [1.165, 1.54) is 6.08 Å². The Morgan fingerprint density at radius 3 is 1.67 bits per heavy atom. The molecule has 0 fully saturated rings. The second-order valence-corrected chi connectivity index (χ2v) is 3.72. The maximum Gasteiger partial charge on any atom is 0.119 e. The number of aromatic hydroxyl groups is 1. The summed E-state index contributed by atoms with van der Waals surface area (Å²) in [6.45, 7) is 7.44. The molecule has 21 heavy (non-hydrogen) atoms. The van der Waals surface area contributed by atoms with Crippen molar-refractivity contribution < 1.29 is 14.9 Å². The Morgan fingerprint density at radius 1 is 0.857 bits per heavy atom. The highest BCUT2D eigenvalue weighted by Crippen LogP contribution is 2.07. The fourth-order valence-electron chi connectivity index (χ4n) is 1.10. The average molecular weight is 286 g/mol. The van der Waals surface area contributed by atoms with E-state index in [1.807, 2.05) is 36.4 Å². The largest absolute Gasteiger partial charge is 0.508 e. The Bertz CT molecular complexity index is 466. The molecule has 0 aromatic heterocycles. The number of hydrogen-bond donors (Lipinski definition) is 2. The highest BCUT2D eigenvalue weighted by atomic mass is 16.5. The van der Waals surface area contributed by atoms with Crippen molar-refractivity contribution >= 4 is 0 Å². The molecule has 0 aliphatic carbocycles. The van der Waals surface area contributed by atoms with Crippen molar-refractivity contribution in [1.82, 2.24) is 0 Å². The van der Waals surface area contributed by atoms with Crippen LogP contribution in [0.3, 0.4) is 0 Å². The van der Waals surface area contributed by atoms with E-state index in [0.29, 0.717) is 12.4 Å². The maximum absolute atomic E-state index is 8.63. The number of hydrogen-bond acceptors (Lipinski definition) is 3. The maximum atomic E-state index is 8.63. The van der Waals surface area contributed by atoms with Gasteiger partial charge in [-0.15, -0.1) is 6.58 Å². The lowest BCUT2D eigenvalue weighted by molar-refractivity contribution is 0.343. The van der Waals surface area contributed by atoms with Gasteiger partial charge < -0.3 is 14.9 Å². The van der Waals surface area contributed by atoms with E-state index in [4.69, 9.17) is 14.9 Å². The van der Waals surface area contributed by atoms with Crippen LogP contribution in [0.2, 0.25) is 0 Å². The summed E-state index contributed by atoms with van der Waals surface area (Å²) in [7, 11) is 0. The molecular weight excluding hydrogens is 264 g/mol. The van der Waals surface area contributed by atoms with E-state index in [1.54, 1.807) is 30.3 Å². The third-order valence-corrected chi connectivity index (χ3v) is 2.00. The average Bonchev–Trinajstić information content (AvgIpc) is 2.55. The molecule has 0 unspecified atom stereocenters. The first-order valence-electron chi connectivity index (χ1n) is 6.49. The van der Waals surface area contributed by atoms with Gasteiger partial charge in [-0.3, -0.25) is 0 Å². The third kappa shape index (κ3) is 12.3. The van der Waals surface area contributed by atoms with Gasteiger partial charge in [-0.1, -0.05) is 55.1 Å². The Hall–Kier alpha value is -2.52. The third-order valence-electron chi connectivity index (χ3n) is 2.00.